The molecule has 1 heteroatoms. The first-order chi connectivity index (χ1) is 9.29. The predicted octanol–water partition coefficient (Wildman–Crippen LogP) is 6.23. The molecule has 0 spiro atoms. The summed E-state index contributed by atoms with van der Waals surface area (Å²) < 4.78 is 6.32. The van der Waals surface area contributed by atoms with E-state index in [4.69, 9.17) is 0 Å². The minimum atomic E-state index is -2.15. The van der Waals surface area contributed by atoms with Crippen LogP contribution in [0.1, 0.15) is 59.3 Å². The van der Waals surface area contributed by atoms with Crippen LogP contribution < -0.4 is 0 Å². The van der Waals surface area contributed by atoms with E-state index in [0.29, 0.717) is 0 Å². The Labute approximate surface area is 124 Å². The van der Waals surface area contributed by atoms with Crippen LogP contribution in [0.2, 0.25) is 13.3 Å². The van der Waals surface area contributed by atoms with Crippen LogP contribution in [-0.2, 0) is 0 Å². The first-order valence-electron chi connectivity index (χ1n) is 8.26. The molecule has 0 aromatic rings. The number of hydrogen-bond donors (Lipinski definition) is 0. The SMILES string of the molecule is CCC[CH2][Sn]([CH2]CCC)([CH2]CCC)[C]1=CC=CC=[C+]1. The molecule has 19 heavy (non-hydrogen) atoms. The van der Waals surface area contributed by atoms with E-state index in [1.165, 1.54) is 38.5 Å². The molecule has 0 atom stereocenters. The maximum absolute atomic E-state index is 3.63. The molecule has 0 aromatic heterocycles. The van der Waals surface area contributed by atoms with Gasteiger partial charge in [0.05, 0.1) is 0 Å². The normalized spacial score (nSPS) is 14.4. The molecule has 0 fully saturated rings. The molecule has 0 N–H and O–H groups in total. The third-order valence-corrected chi connectivity index (χ3v) is 19.7. The van der Waals surface area contributed by atoms with E-state index in [2.05, 4.69) is 51.2 Å². The van der Waals surface area contributed by atoms with Crippen molar-refractivity contribution in [2.24, 2.45) is 0 Å². The molecule has 1 aliphatic carbocycles. The van der Waals surface area contributed by atoms with Gasteiger partial charge in [0.1, 0.15) is 0 Å². The van der Waals surface area contributed by atoms with Crippen molar-refractivity contribution in [1.29, 1.82) is 0 Å². The van der Waals surface area contributed by atoms with Gasteiger partial charge in [0.25, 0.3) is 0 Å². The van der Waals surface area contributed by atoms with Crippen LogP contribution in [0.5, 0.6) is 0 Å². The Balaban J connectivity index is 2.90. The van der Waals surface area contributed by atoms with Crippen molar-refractivity contribution < 1.29 is 0 Å². The first-order valence-corrected chi connectivity index (χ1v) is 15.7. The van der Waals surface area contributed by atoms with Gasteiger partial charge in [-0.1, -0.05) is 0 Å². The Kier molecular flexibility index (Phi) is 8.73. The molecule has 0 saturated heterocycles. The van der Waals surface area contributed by atoms with Gasteiger partial charge in [-0.3, -0.25) is 0 Å². The molecule has 0 heterocycles. The topological polar surface area (TPSA) is 0 Å². The van der Waals surface area contributed by atoms with Crippen LogP contribution in [0, 0.1) is 6.08 Å². The van der Waals surface area contributed by atoms with Crippen LogP contribution in [0.4, 0.5) is 0 Å². The average Bonchev–Trinajstić information content (AvgIpc) is 2.48. The van der Waals surface area contributed by atoms with Gasteiger partial charge in [0, 0.05) is 0 Å². The number of rotatable bonds is 10. The zero-order valence-electron chi connectivity index (χ0n) is 13.2. The molecule has 0 nitrogen and oxygen atoms in total. The Morgan fingerprint density at radius 1 is 0.842 bits per heavy atom. The summed E-state index contributed by atoms with van der Waals surface area (Å²) in [5, 5.41) is 0. The van der Waals surface area contributed by atoms with Gasteiger partial charge >= 0.3 is 125 Å². The van der Waals surface area contributed by atoms with Crippen molar-refractivity contribution in [3.05, 3.63) is 34.0 Å². The zero-order valence-corrected chi connectivity index (χ0v) is 16.0. The maximum atomic E-state index is 3.63. The third-order valence-electron chi connectivity index (χ3n) is 4.31. The van der Waals surface area contributed by atoms with Crippen LogP contribution in [0.3, 0.4) is 0 Å². The van der Waals surface area contributed by atoms with E-state index in [1.54, 1.807) is 16.9 Å². The van der Waals surface area contributed by atoms with Gasteiger partial charge in [0.2, 0.25) is 0 Å². The van der Waals surface area contributed by atoms with Crippen LogP contribution >= 0.6 is 0 Å². The summed E-state index contributed by atoms with van der Waals surface area (Å²) in [6.07, 6.45) is 20.9. The number of unbranched alkanes of at least 4 members (excludes halogenated alkanes) is 3. The van der Waals surface area contributed by atoms with E-state index in [1.807, 2.05) is 0 Å². The van der Waals surface area contributed by atoms with Gasteiger partial charge in [0.15, 0.2) is 0 Å². The summed E-state index contributed by atoms with van der Waals surface area (Å²) in [6, 6.07) is 0. The van der Waals surface area contributed by atoms with E-state index in [-0.39, 0.29) is 0 Å². The third kappa shape index (κ3) is 5.44. The predicted molar refractivity (Wildman–Crippen MR) is 89.9 cm³/mol. The first kappa shape index (κ1) is 17.0. The van der Waals surface area contributed by atoms with Crippen LogP contribution in [-0.4, -0.2) is 18.4 Å². The molecular weight excluding hydrogens is 335 g/mol. The van der Waals surface area contributed by atoms with E-state index in [9.17, 15) is 0 Å². The van der Waals surface area contributed by atoms with Crippen molar-refractivity contribution in [2.45, 2.75) is 72.6 Å². The molecule has 0 radical (unpaired) electrons. The molecule has 0 unspecified atom stereocenters. The summed E-state index contributed by atoms with van der Waals surface area (Å²) in [7, 11) is 0. The summed E-state index contributed by atoms with van der Waals surface area (Å²) in [4.78, 5) is 0. The molecule has 0 bridgehead atoms. The number of allylic oxidation sites excluding steroid dienone is 6. The van der Waals surface area contributed by atoms with E-state index in [0.717, 1.165) is 0 Å². The molecule has 1 rings (SSSR count). The molecule has 0 amide bonds. The second-order valence-corrected chi connectivity index (χ2v) is 19.0. The summed E-state index contributed by atoms with van der Waals surface area (Å²) >= 11 is -2.15. The van der Waals surface area contributed by atoms with E-state index >= 15 is 0 Å². The fourth-order valence-corrected chi connectivity index (χ4v) is 18.7. The summed E-state index contributed by atoms with van der Waals surface area (Å²) in [5.74, 6) is 0. The quantitative estimate of drug-likeness (QED) is 0.318. The molecule has 0 aliphatic heterocycles. The van der Waals surface area contributed by atoms with Crippen molar-refractivity contribution in [2.75, 3.05) is 0 Å². The van der Waals surface area contributed by atoms with Crippen LogP contribution in [0.25, 0.3) is 0 Å². The fraction of sp³-hybridized carbons (Fsp3) is 0.667. The Hall–Kier alpha value is -0.0713. The van der Waals surface area contributed by atoms with Crippen molar-refractivity contribution >= 4 is 18.4 Å². The van der Waals surface area contributed by atoms with E-state index < -0.39 is 18.4 Å². The van der Waals surface area contributed by atoms with Gasteiger partial charge in [-0.2, -0.15) is 0 Å². The standard InChI is InChI=1S/C6H4.3C4H9.Sn/c1-2-4-6-5-3-1;3*1-3-4-2;/h1-4H;3*1,3-4H2,2H3;/q+1;;;;. The Bertz CT molecular complexity index is 301. The fourth-order valence-electron chi connectivity index (χ4n) is 3.05. The second-order valence-electron chi connectivity index (χ2n) is 5.87. The monoisotopic (exact) mass is 367 g/mol. The average molecular weight is 366 g/mol. The molecular formula is C18H31Sn+. The van der Waals surface area contributed by atoms with Gasteiger partial charge in [-0.05, 0) is 0 Å². The summed E-state index contributed by atoms with van der Waals surface area (Å²) in [5.41, 5.74) is 0. The van der Waals surface area contributed by atoms with Gasteiger partial charge in [-0.15, -0.1) is 0 Å². The zero-order chi connectivity index (χ0) is 14.0. The Morgan fingerprint density at radius 3 is 1.74 bits per heavy atom. The van der Waals surface area contributed by atoms with Gasteiger partial charge < -0.3 is 0 Å². The van der Waals surface area contributed by atoms with Crippen molar-refractivity contribution in [3.8, 4) is 0 Å². The second kappa shape index (κ2) is 9.77. The molecule has 106 valence electrons. The number of hydrogen-bond acceptors (Lipinski definition) is 0. The Morgan fingerprint density at radius 2 is 1.37 bits per heavy atom. The van der Waals surface area contributed by atoms with Crippen molar-refractivity contribution in [3.63, 3.8) is 0 Å². The van der Waals surface area contributed by atoms with Crippen molar-refractivity contribution in [1.82, 2.24) is 0 Å². The van der Waals surface area contributed by atoms with Crippen LogP contribution in [0.15, 0.2) is 27.9 Å². The summed E-state index contributed by atoms with van der Waals surface area (Å²) in [6.45, 7) is 7.01. The minimum absolute atomic E-state index is 1.35. The molecule has 1 aliphatic rings. The molecule has 0 aromatic carbocycles. The van der Waals surface area contributed by atoms with Gasteiger partial charge in [-0.25, -0.2) is 0 Å². The molecule has 0 saturated carbocycles.